The molecule has 0 saturated carbocycles. The first-order valence-electron chi connectivity index (χ1n) is 18.9. The van der Waals surface area contributed by atoms with Gasteiger partial charge in [0.15, 0.2) is 0 Å². The number of ether oxygens (including phenoxy) is 6. The van der Waals surface area contributed by atoms with Crippen molar-refractivity contribution in [3.05, 3.63) is 114 Å². The van der Waals surface area contributed by atoms with Crippen molar-refractivity contribution in [1.82, 2.24) is 0 Å². The van der Waals surface area contributed by atoms with Crippen molar-refractivity contribution in [3.8, 4) is 29.1 Å². The van der Waals surface area contributed by atoms with Crippen LogP contribution in [0.15, 0.2) is 86.0 Å². The zero-order valence-corrected chi connectivity index (χ0v) is 32.3. The summed E-state index contributed by atoms with van der Waals surface area (Å²) in [5, 5.41) is 29.6. The van der Waals surface area contributed by atoms with Gasteiger partial charge in [-0.3, -0.25) is 0 Å². The number of carbonyl (C=O) groups excluding carboxylic acids is 4. The average molecular weight is 797 g/mol. The Labute approximate surface area is 338 Å². The van der Waals surface area contributed by atoms with E-state index in [-0.39, 0.29) is 47.1 Å². The van der Waals surface area contributed by atoms with Crippen LogP contribution in [0.2, 0.25) is 0 Å². The van der Waals surface area contributed by atoms with Gasteiger partial charge in [-0.1, -0.05) is 51.7 Å². The number of aliphatic hydroxyl groups is 2. The van der Waals surface area contributed by atoms with E-state index in [1.54, 1.807) is 24.3 Å². The van der Waals surface area contributed by atoms with Gasteiger partial charge in [-0.05, 0) is 86.3 Å². The second kappa shape index (κ2) is 25.6. The summed E-state index contributed by atoms with van der Waals surface area (Å²) in [5.41, 5.74) is -0.201. The Bertz CT molecular complexity index is 1770. The van der Waals surface area contributed by atoms with Crippen LogP contribution in [0.3, 0.4) is 0 Å². The van der Waals surface area contributed by atoms with Crippen LogP contribution in [0.25, 0.3) is 4.85 Å². The van der Waals surface area contributed by atoms with Crippen molar-refractivity contribution in [1.29, 1.82) is 5.26 Å². The maximum atomic E-state index is 12.9. The van der Waals surface area contributed by atoms with Gasteiger partial charge in [0.25, 0.3) is 0 Å². The van der Waals surface area contributed by atoms with Gasteiger partial charge in [0.2, 0.25) is 5.69 Å². The van der Waals surface area contributed by atoms with E-state index < -0.39 is 36.1 Å². The lowest BCUT2D eigenvalue weighted by molar-refractivity contribution is -0.141. The SMILES string of the molecule is [C-]#[N+]c1c(OC(=O)c2ccc(OCCCCCCC(O)COC(=O)C=C)cc2)ccc(OC(=O)c2ccc(OCCCCCCC(O)COC(=O)C=C)cc2)c1C#N. The Balaban J connectivity index is 1.42. The number of esters is 4. The van der Waals surface area contributed by atoms with Crippen molar-refractivity contribution in [2.45, 2.75) is 76.4 Å². The van der Waals surface area contributed by atoms with Crippen LogP contribution in [0.5, 0.6) is 23.0 Å². The molecule has 0 radical (unpaired) electrons. The highest BCUT2D eigenvalue weighted by molar-refractivity contribution is 5.94. The van der Waals surface area contributed by atoms with Gasteiger partial charge in [-0.25, -0.2) is 24.0 Å². The fraction of sp³-hybridized carbons (Fsp3) is 0.364. The Kier molecular flexibility index (Phi) is 20.3. The molecule has 0 fully saturated rings. The van der Waals surface area contributed by atoms with Gasteiger partial charge in [-0.2, -0.15) is 5.26 Å². The Morgan fingerprint density at radius 3 is 1.48 bits per heavy atom. The summed E-state index contributed by atoms with van der Waals surface area (Å²) in [4.78, 5) is 51.4. The minimum atomic E-state index is -0.770. The van der Waals surface area contributed by atoms with E-state index in [4.69, 9.17) is 35.0 Å². The molecule has 0 heterocycles. The molecule has 0 bridgehead atoms. The molecule has 0 spiro atoms. The summed E-state index contributed by atoms with van der Waals surface area (Å²) in [5.74, 6) is -1.93. The second-order valence-corrected chi connectivity index (χ2v) is 12.9. The summed E-state index contributed by atoms with van der Waals surface area (Å²) in [6, 6.07) is 16.9. The van der Waals surface area contributed by atoms with Crippen LogP contribution < -0.4 is 18.9 Å². The van der Waals surface area contributed by atoms with Gasteiger partial charge in [0.1, 0.15) is 41.8 Å². The third kappa shape index (κ3) is 16.3. The van der Waals surface area contributed by atoms with Crippen LogP contribution in [0.1, 0.15) is 90.5 Å². The Hall–Kier alpha value is -6.48. The van der Waals surface area contributed by atoms with E-state index in [1.807, 2.05) is 6.07 Å². The first kappa shape index (κ1) is 45.9. The van der Waals surface area contributed by atoms with Crippen molar-refractivity contribution in [2.24, 2.45) is 0 Å². The number of unbranched alkanes of at least 4 members (excludes halogenated alkanes) is 6. The first-order valence-corrected chi connectivity index (χ1v) is 18.9. The molecule has 2 unspecified atom stereocenters. The zero-order valence-electron chi connectivity index (χ0n) is 32.3. The van der Waals surface area contributed by atoms with Crippen molar-refractivity contribution >= 4 is 29.6 Å². The number of nitriles is 1. The number of benzene rings is 3. The quantitative estimate of drug-likeness (QED) is 0.0269. The summed E-state index contributed by atoms with van der Waals surface area (Å²) in [7, 11) is 0. The fourth-order valence-corrected chi connectivity index (χ4v) is 5.32. The lowest BCUT2D eigenvalue weighted by atomic mass is 10.1. The highest BCUT2D eigenvalue weighted by atomic mass is 16.6. The highest BCUT2D eigenvalue weighted by Gasteiger charge is 2.21. The first-order chi connectivity index (χ1) is 28.1. The van der Waals surface area contributed by atoms with E-state index in [9.17, 15) is 34.7 Å². The number of hydrogen-bond donors (Lipinski definition) is 2. The van der Waals surface area contributed by atoms with Crippen LogP contribution in [-0.4, -0.2) is 72.7 Å². The minimum Gasteiger partial charge on any atom is -0.494 e. The van der Waals surface area contributed by atoms with E-state index in [1.165, 1.54) is 36.4 Å². The number of nitrogens with zero attached hydrogens (tertiary/aromatic N) is 2. The number of carbonyl (C=O) groups is 4. The molecule has 0 aliphatic rings. The summed E-state index contributed by atoms with van der Waals surface area (Å²) < 4.78 is 32.1. The molecule has 3 aromatic carbocycles. The lowest BCUT2D eigenvalue weighted by Crippen LogP contribution is -2.17. The molecular formula is C44H48N2O12. The van der Waals surface area contributed by atoms with Crippen LogP contribution in [0.4, 0.5) is 5.69 Å². The average Bonchev–Trinajstić information content (AvgIpc) is 3.24. The molecule has 2 N–H and O–H groups in total. The molecule has 58 heavy (non-hydrogen) atoms. The van der Waals surface area contributed by atoms with Gasteiger partial charge >= 0.3 is 23.9 Å². The van der Waals surface area contributed by atoms with E-state index >= 15 is 0 Å². The molecule has 3 rings (SSSR count). The maximum absolute atomic E-state index is 12.9. The van der Waals surface area contributed by atoms with Gasteiger partial charge < -0.3 is 38.6 Å². The van der Waals surface area contributed by atoms with E-state index in [0.717, 1.165) is 63.5 Å². The Morgan fingerprint density at radius 2 is 1.07 bits per heavy atom. The number of aliphatic hydroxyl groups excluding tert-OH is 2. The molecule has 0 amide bonds. The van der Waals surface area contributed by atoms with Crippen molar-refractivity contribution < 1.29 is 57.8 Å². The van der Waals surface area contributed by atoms with Gasteiger partial charge in [0, 0.05) is 12.2 Å². The number of rotatable bonds is 26. The lowest BCUT2D eigenvalue weighted by Gasteiger charge is -2.12. The van der Waals surface area contributed by atoms with Gasteiger partial charge in [0.05, 0.1) is 49.2 Å². The van der Waals surface area contributed by atoms with Crippen LogP contribution in [-0.2, 0) is 19.1 Å². The molecular weight excluding hydrogens is 748 g/mol. The van der Waals surface area contributed by atoms with Crippen molar-refractivity contribution in [2.75, 3.05) is 26.4 Å². The zero-order chi connectivity index (χ0) is 42.1. The highest BCUT2D eigenvalue weighted by Crippen LogP contribution is 2.38. The molecule has 306 valence electrons. The number of hydrogen-bond acceptors (Lipinski definition) is 13. The smallest absolute Gasteiger partial charge is 0.343 e. The topological polar surface area (TPSA) is 192 Å². The van der Waals surface area contributed by atoms with Gasteiger partial charge in [-0.15, -0.1) is 0 Å². The molecule has 3 aromatic rings. The molecule has 14 heteroatoms. The molecule has 0 aliphatic carbocycles. The molecule has 0 saturated heterocycles. The molecule has 0 aliphatic heterocycles. The molecule has 2 atom stereocenters. The maximum Gasteiger partial charge on any atom is 0.343 e. The Morgan fingerprint density at radius 1 is 0.655 bits per heavy atom. The van der Waals surface area contributed by atoms with Crippen molar-refractivity contribution in [3.63, 3.8) is 0 Å². The summed E-state index contributed by atoms with van der Waals surface area (Å²) in [6.45, 7) is 15.0. The standard InChI is InChI=1S/C44H48N2O12/c1-4-40(49)55-29-33(47)14-10-6-8-12-26-53-35-20-16-31(17-21-35)43(51)57-38-24-25-39(42(46-3)37(38)28-45)58-44(52)32-18-22-36(23-19-32)54-27-13-9-7-11-15-34(48)30-56-41(50)5-2/h4-5,16-25,33-34,47-48H,1-2,6-15,26-27,29-30H2. The summed E-state index contributed by atoms with van der Waals surface area (Å²) >= 11 is 0. The predicted molar refractivity (Wildman–Crippen MR) is 212 cm³/mol. The molecule has 0 aromatic heterocycles. The molecule has 14 nitrogen and oxygen atoms in total. The van der Waals surface area contributed by atoms with Crippen LogP contribution in [0, 0.1) is 17.9 Å². The minimum absolute atomic E-state index is 0.0573. The summed E-state index contributed by atoms with van der Waals surface area (Å²) in [6.07, 6.45) is 8.28. The largest absolute Gasteiger partial charge is 0.494 e. The fourth-order valence-electron chi connectivity index (χ4n) is 5.32. The predicted octanol–water partition coefficient (Wildman–Crippen LogP) is 7.39. The third-order valence-electron chi connectivity index (χ3n) is 8.48. The third-order valence-corrected chi connectivity index (χ3v) is 8.48. The van der Waals surface area contributed by atoms with Crippen LogP contribution >= 0.6 is 0 Å². The van der Waals surface area contributed by atoms with E-state index in [2.05, 4.69) is 18.0 Å². The van der Waals surface area contributed by atoms with E-state index in [0.29, 0.717) is 37.6 Å². The second-order valence-electron chi connectivity index (χ2n) is 12.9. The normalized spacial score (nSPS) is 11.4. The monoisotopic (exact) mass is 796 g/mol.